The van der Waals surface area contributed by atoms with Gasteiger partial charge in [-0.15, -0.1) is 0 Å². The first-order valence-electron chi connectivity index (χ1n) is 9.51. The van der Waals surface area contributed by atoms with E-state index in [9.17, 15) is 14.4 Å². The number of imide groups is 1. The molecule has 2 heterocycles. The summed E-state index contributed by atoms with van der Waals surface area (Å²) >= 11 is 0. The summed E-state index contributed by atoms with van der Waals surface area (Å²) in [6.07, 6.45) is 5.44. The molecule has 0 aromatic rings. The van der Waals surface area contributed by atoms with Crippen LogP contribution in [-0.2, 0) is 14.3 Å². The molecule has 1 N–H and O–H groups in total. The van der Waals surface area contributed by atoms with Gasteiger partial charge < -0.3 is 10.1 Å². The van der Waals surface area contributed by atoms with Crippen LogP contribution in [0, 0.1) is 11.8 Å². The molecule has 1 aliphatic carbocycles. The van der Waals surface area contributed by atoms with Crippen molar-refractivity contribution in [3.63, 3.8) is 0 Å². The Morgan fingerprint density at radius 1 is 1.28 bits per heavy atom. The summed E-state index contributed by atoms with van der Waals surface area (Å²) in [6, 6.07) is -0.294. The highest BCUT2D eigenvalue weighted by Crippen LogP contribution is 2.38. The van der Waals surface area contributed by atoms with Gasteiger partial charge in [-0.05, 0) is 45.1 Å². The largest absolute Gasteiger partial charge is 0.466 e. The minimum Gasteiger partial charge on any atom is -0.466 e. The van der Waals surface area contributed by atoms with E-state index in [1.54, 1.807) is 6.92 Å². The van der Waals surface area contributed by atoms with Crippen molar-refractivity contribution in [1.82, 2.24) is 15.1 Å². The molecule has 0 bridgehead atoms. The molecule has 1 saturated carbocycles. The van der Waals surface area contributed by atoms with Gasteiger partial charge >= 0.3 is 12.0 Å². The summed E-state index contributed by atoms with van der Waals surface area (Å²) in [7, 11) is 0. The molecule has 0 radical (unpaired) electrons. The van der Waals surface area contributed by atoms with Crippen molar-refractivity contribution in [3.8, 4) is 0 Å². The lowest BCUT2D eigenvalue weighted by Gasteiger charge is -2.37. The molecule has 1 spiro atoms. The Morgan fingerprint density at radius 3 is 2.80 bits per heavy atom. The predicted octanol–water partition coefficient (Wildman–Crippen LogP) is 1.72. The molecule has 25 heavy (non-hydrogen) atoms. The molecule has 3 amide bonds. The van der Waals surface area contributed by atoms with E-state index >= 15 is 0 Å². The first-order chi connectivity index (χ1) is 12.0. The van der Waals surface area contributed by atoms with Gasteiger partial charge in [0.15, 0.2) is 0 Å². The average Bonchev–Trinajstić information content (AvgIpc) is 2.83. The molecule has 0 aromatic carbocycles. The number of nitrogens with zero attached hydrogens (tertiary/aromatic N) is 2. The van der Waals surface area contributed by atoms with Gasteiger partial charge in [0, 0.05) is 6.54 Å². The van der Waals surface area contributed by atoms with Crippen LogP contribution in [0.5, 0.6) is 0 Å². The van der Waals surface area contributed by atoms with Crippen molar-refractivity contribution in [3.05, 3.63) is 0 Å². The molecule has 0 unspecified atom stereocenters. The number of rotatable bonds is 4. The zero-order chi connectivity index (χ0) is 18.0. The molecular weight excluding hydrogens is 322 g/mol. The van der Waals surface area contributed by atoms with Gasteiger partial charge in [0.2, 0.25) is 0 Å². The zero-order valence-corrected chi connectivity index (χ0v) is 15.3. The first kappa shape index (κ1) is 18.2. The van der Waals surface area contributed by atoms with E-state index in [0.29, 0.717) is 13.2 Å². The lowest BCUT2D eigenvalue weighted by Crippen LogP contribution is -2.54. The lowest BCUT2D eigenvalue weighted by atomic mass is 9.73. The number of urea groups is 1. The fourth-order valence-corrected chi connectivity index (χ4v) is 4.46. The van der Waals surface area contributed by atoms with Crippen LogP contribution < -0.4 is 5.32 Å². The molecule has 7 nitrogen and oxygen atoms in total. The number of nitrogens with one attached hydrogen (secondary N) is 1. The minimum atomic E-state index is -0.717. The van der Waals surface area contributed by atoms with Crippen molar-refractivity contribution in [2.75, 3.05) is 26.4 Å². The van der Waals surface area contributed by atoms with Crippen LogP contribution >= 0.6 is 0 Å². The number of amides is 3. The number of carbonyl (C=O) groups is 3. The molecule has 0 aromatic heterocycles. The predicted molar refractivity (Wildman–Crippen MR) is 91.5 cm³/mol. The number of hydrogen-bond acceptors (Lipinski definition) is 5. The Hall–Kier alpha value is -1.63. The molecule has 140 valence electrons. The van der Waals surface area contributed by atoms with Gasteiger partial charge in [-0.2, -0.15) is 0 Å². The molecule has 7 heteroatoms. The fourth-order valence-electron chi connectivity index (χ4n) is 4.46. The third kappa shape index (κ3) is 3.38. The van der Waals surface area contributed by atoms with Gasteiger partial charge in [0.05, 0.1) is 19.2 Å². The second-order valence-electron chi connectivity index (χ2n) is 7.59. The van der Waals surface area contributed by atoms with E-state index in [0.717, 1.165) is 45.1 Å². The van der Waals surface area contributed by atoms with Crippen molar-refractivity contribution in [2.24, 2.45) is 11.8 Å². The number of likely N-dealkylation sites (tertiary alicyclic amines) is 1. The number of esters is 1. The average molecular weight is 351 g/mol. The summed E-state index contributed by atoms with van der Waals surface area (Å²) < 4.78 is 5.12. The molecule has 3 aliphatic rings. The van der Waals surface area contributed by atoms with Gasteiger partial charge in [-0.25, -0.2) is 9.69 Å². The Kier molecular flexibility index (Phi) is 5.32. The Bertz CT molecular complexity index is 552. The first-order valence-corrected chi connectivity index (χ1v) is 9.51. The fraction of sp³-hybridized carbons (Fsp3) is 0.833. The highest BCUT2D eigenvalue weighted by Gasteiger charge is 2.55. The molecular formula is C18H29N3O4. The SMILES string of the molecule is CCOC(=O)[C@@H]1CCCN(CN2C(=O)N[C@]3(CCCC[C@H]3C)C2=O)C1. The smallest absolute Gasteiger partial charge is 0.326 e. The summed E-state index contributed by atoms with van der Waals surface area (Å²) in [5.74, 6) is -0.280. The molecule has 3 rings (SSSR count). The van der Waals surface area contributed by atoms with Gasteiger partial charge in [0.1, 0.15) is 5.54 Å². The number of hydrogen-bond donors (Lipinski definition) is 1. The minimum absolute atomic E-state index is 0.0945. The molecule has 3 fully saturated rings. The third-order valence-electron chi connectivity index (χ3n) is 5.97. The Balaban J connectivity index is 1.65. The van der Waals surface area contributed by atoms with Crippen LogP contribution in [0.15, 0.2) is 0 Å². The van der Waals surface area contributed by atoms with Crippen LogP contribution in [0.3, 0.4) is 0 Å². The van der Waals surface area contributed by atoms with Crippen molar-refractivity contribution in [1.29, 1.82) is 0 Å². The summed E-state index contributed by atoms with van der Waals surface area (Å²) in [4.78, 5) is 40.8. The lowest BCUT2D eigenvalue weighted by molar-refractivity contribution is -0.150. The second-order valence-corrected chi connectivity index (χ2v) is 7.59. The second kappa shape index (κ2) is 7.32. The normalized spacial score (nSPS) is 33.6. The van der Waals surface area contributed by atoms with E-state index in [1.165, 1.54) is 4.90 Å². The van der Waals surface area contributed by atoms with Crippen LogP contribution in [0.2, 0.25) is 0 Å². The zero-order valence-electron chi connectivity index (χ0n) is 15.3. The quantitative estimate of drug-likeness (QED) is 0.616. The molecule has 2 aliphatic heterocycles. The summed E-state index contributed by atoms with van der Waals surface area (Å²) in [5, 5.41) is 2.98. The highest BCUT2D eigenvalue weighted by atomic mass is 16.5. The van der Waals surface area contributed by atoms with Crippen molar-refractivity contribution in [2.45, 2.75) is 57.9 Å². The number of ether oxygens (including phenoxy) is 1. The van der Waals surface area contributed by atoms with Gasteiger partial charge in [0.25, 0.3) is 5.91 Å². The van der Waals surface area contributed by atoms with Crippen LogP contribution in [0.4, 0.5) is 4.79 Å². The highest BCUT2D eigenvalue weighted by molar-refractivity contribution is 6.07. The summed E-state index contributed by atoms with van der Waals surface area (Å²) in [6.45, 7) is 5.82. The van der Waals surface area contributed by atoms with E-state index in [-0.39, 0.29) is 36.4 Å². The van der Waals surface area contributed by atoms with Crippen LogP contribution in [0.1, 0.15) is 52.4 Å². The Labute approximate surface area is 149 Å². The topological polar surface area (TPSA) is 79.0 Å². The molecule has 2 saturated heterocycles. The third-order valence-corrected chi connectivity index (χ3v) is 5.97. The van der Waals surface area contributed by atoms with E-state index < -0.39 is 5.54 Å². The molecule has 3 atom stereocenters. The maximum Gasteiger partial charge on any atom is 0.326 e. The van der Waals surface area contributed by atoms with Gasteiger partial charge in [-0.1, -0.05) is 19.8 Å². The maximum absolute atomic E-state index is 13.0. The number of piperidine rings is 1. The standard InChI is InChI=1S/C18H29N3O4/c1-3-25-15(22)14-8-6-10-20(11-14)12-21-16(23)18(19-17(21)24)9-5-4-7-13(18)2/h13-14H,3-12H2,1-2H3,(H,19,24)/t13-,14-,18+/m1/s1. The van der Waals surface area contributed by atoms with Crippen molar-refractivity contribution >= 4 is 17.9 Å². The van der Waals surface area contributed by atoms with E-state index in [2.05, 4.69) is 12.2 Å². The van der Waals surface area contributed by atoms with Crippen molar-refractivity contribution < 1.29 is 19.1 Å². The number of carbonyl (C=O) groups excluding carboxylic acids is 3. The van der Waals surface area contributed by atoms with Gasteiger partial charge in [-0.3, -0.25) is 14.5 Å². The monoisotopic (exact) mass is 351 g/mol. The van der Waals surface area contributed by atoms with Crippen LogP contribution in [0.25, 0.3) is 0 Å². The Morgan fingerprint density at radius 2 is 2.08 bits per heavy atom. The maximum atomic E-state index is 13.0. The van der Waals surface area contributed by atoms with Crippen LogP contribution in [-0.4, -0.2) is 59.6 Å². The van der Waals surface area contributed by atoms with E-state index in [4.69, 9.17) is 4.74 Å². The summed E-state index contributed by atoms with van der Waals surface area (Å²) in [5.41, 5.74) is -0.717. The van der Waals surface area contributed by atoms with E-state index in [1.807, 2.05) is 4.90 Å².